The zero-order valence-corrected chi connectivity index (χ0v) is 18.0. The highest BCUT2D eigenvalue weighted by atomic mass is 16.2. The summed E-state index contributed by atoms with van der Waals surface area (Å²) in [6, 6.07) is 6.15. The molecule has 2 saturated heterocycles. The maximum Gasteiger partial charge on any atom is 0.261 e. The Hall–Kier alpha value is -2.90. The number of rotatable bonds is 3. The standard InChI is InChI=1S/C23H29N5O3/c1-25-14-16(12-21(25)29)22(30)27-10-8-26(9-11-27)18-6-7-19-20(13-18)24-15-28(23(19)31)17-4-2-3-5-17/h6-7,13,15-17H,2-5,8-12,14H2,1H3. The number of hydrogen-bond acceptors (Lipinski definition) is 5. The van der Waals surface area contributed by atoms with Crippen molar-refractivity contribution in [3.8, 4) is 0 Å². The molecule has 1 saturated carbocycles. The molecular weight excluding hydrogens is 394 g/mol. The molecule has 2 amide bonds. The molecule has 1 aliphatic carbocycles. The van der Waals surface area contributed by atoms with Gasteiger partial charge in [-0.3, -0.25) is 19.0 Å². The first-order chi connectivity index (χ1) is 15.0. The van der Waals surface area contributed by atoms with Crippen molar-refractivity contribution in [2.75, 3.05) is 44.7 Å². The molecule has 1 aromatic heterocycles. The van der Waals surface area contributed by atoms with Gasteiger partial charge in [0.25, 0.3) is 5.56 Å². The van der Waals surface area contributed by atoms with Gasteiger partial charge in [0, 0.05) is 57.9 Å². The molecule has 2 aliphatic heterocycles. The molecule has 164 valence electrons. The highest BCUT2D eigenvalue weighted by molar-refractivity contribution is 5.89. The highest BCUT2D eigenvalue weighted by Gasteiger charge is 2.35. The number of aromatic nitrogens is 2. The van der Waals surface area contributed by atoms with E-state index in [9.17, 15) is 14.4 Å². The molecule has 0 bridgehead atoms. The van der Waals surface area contributed by atoms with E-state index in [1.807, 2.05) is 27.7 Å². The van der Waals surface area contributed by atoms with Gasteiger partial charge >= 0.3 is 0 Å². The van der Waals surface area contributed by atoms with Crippen LogP contribution in [0.4, 0.5) is 5.69 Å². The molecule has 8 nitrogen and oxygen atoms in total. The normalized spacial score (nSPS) is 22.7. The van der Waals surface area contributed by atoms with Crippen LogP contribution in [0.25, 0.3) is 10.9 Å². The Morgan fingerprint density at radius 1 is 1.06 bits per heavy atom. The largest absolute Gasteiger partial charge is 0.368 e. The second kappa shape index (κ2) is 7.98. The Bertz CT molecular complexity index is 1070. The molecule has 31 heavy (non-hydrogen) atoms. The number of likely N-dealkylation sites (tertiary alicyclic amines) is 1. The summed E-state index contributed by atoms with van der Waals surface area (Å²) in [5, 5.41) is 0.669. The number of amides is 2. The van der Waals surface area contributed by atoms with Crippen LogP contribution in [0.5, 0.6) is 0 Å². The number of piperazine rings is 1. The summed E-state index contributed by atoms with van der Waals surface area (Å²) in [4.78, 5) is 47.8. The van der Waals surface area contributed by atoms with Crippen molar-refractivity contribution in [3.63, 3.8) is 0 Å². The molecule has 8 heteroatoms. The summed E-state index contributed by atoms with van der Waals surface area (Å²) in [5.41, 5.74) is 1.80. The zero-order valence-electron chi connectivity index (χ0n) is 18.0. The van der Waals surface area contributed by atoms with Gasteiger partial charge in [0.15, 0.2) is 0 Å². The number of carbonyl (C=O) groups is 2. The lowest BCUT2D eigenvalue weighted by Crippen LogP contribution is -2.50. The van der Waals surface area contributed by atoms with Crippen molar-refractivity contribution in [3.05, 3.63) is 34.9 Å². The van der Waals surface area contributed by atoms with Crippen molar-refractivity contribution < 1.29 is 9.59 Å². The van der Waals surface area contributed by atoms with E-state index in [0.717, 1.165) is 37.1 Å². The van der Waals surface area contributed by atoms with Gasteiger partial charge in [-0.1, -0.05) is 12.8 Å². The summed E-state index contributed by atoms with van der Waals surface area (Å²) in [6.07, 6.45) is 6.50. The van der Waals surface area contributed by atoms with E-state index in [0.29, 0.717) is 31.4 Å². The van der Waals surface area contributed by atoms with E-state index in [2.05, 4.69) is 9.88 Å². The summed E-state index contributed by atoms with van der Waals surface area (Å²) >= 11 is 0. The first-order valence-electron chi connectivity index (χ1n) is 11.3. The van der Waals surface area contributed by atoms with Crippen LogP contribution < -0.4 is 10.5 Å². The number of nitrogens with zero attached hydrogens (tertiary/aromatic N) is 5. The van der Waals surface area contributed by atoms with Crippen molar-refractivity contribution in [1.29, 1.82) is 0 Å². The Morgan fingerprint density at radius 2 is 1.81 bits per heavy atom. The molecule has 0 N–H and O–H groups in total. The Morgan fingerprint density at radius 3 is 2.48 bits per heavy atom. The third-order valence-corrected chi connectivity index (χ3v) is 7.13. The van der Waals surface area contributed by atoms with Gasteiger partial charge in [0.1, 0.15) is 0 Å². The molecule has 0 spiro atoms. The maximum absolute atomic E-state index is 12.9. The molecule has 5 rings (SSSR count). The predicted molar refractivity (Wildman–Crippen MR) is 118 cm³/mol. The fourth-order valence-electron chi connectivity index (χ4n) is 5.24. The number of fused-ring (bicyclic) bond motifs is 1. The number of benzene rings is 1. The molecule has 2 aromatic rings. The lowest BCUT2D eigenvalue weighted by atomic mass is 10.1. The van der Waals surface area contributed by atoms with Crippen LogP contribution >= 0.6 is 0 Å². The summed E-state index contributed by atoms with van der Waals surface area (Å²) in [7, 11) is 1.75. The number of carbonyl (C=O) groups excluding carboxylic acids is 2. The van der Waals surface area contributed by atoms with Crippen molar-refractivity contribution >= 4 is 28.4 Å². The van der Waals surface area contributed by atoms with Gasteiger partial charge in [-0.15, -0.1) is 0 Å². The van der Waals surface area contributed by atoms with Crippen molar-refractivity contribution in [2.45, 2.75) is 38.1 Å². The molecule has 1 aromatic carbocycles. The van der Waals surface area contributed by atoms with Crippen molar-refractivity contribution in [1.82, 2.24) is 19.4 Å². The first-order valence-corrected chi connectivity index (χ1v) is 11.3. The number of hydrogen-bond donors (Lipinski definition) is 0. The minimum atomic E-state index is -0.212. The Balaban J connectivity index is 1.27. The molecule has 0 radical (unpaired) electrons. The summed E-state index contributed by atoms with van der Waals surface area (Å²) < 4.78 is 1.81. The quantitative estimate of drug-likeness (QED) is 0.750. The van der Waals surface area contributed by atoms with E-state index in [1.165, 1.54) is 12.8 Å². The Kier molecular flexibility index (Phi) is 5.16. The molecule has 3 fully saturated rings. The zero-order chi connectivity index (χ0) is 21.5. The lowest BCUT2D eigenvalue weighted by Gasteiger charge is -2.37. The van der Waals surface area contributed by atoms with Crippen LogP contribution in [0, 0.1) is 5.92 Å². The second-order valence-corrected chi connectivity index (χ2v) is 9.08. The van der Waals surface area contributed by atoms with E-state index in [1.54, 1.807) is 18.3 Å². The third-order valence-electron chi connectivity index (χ3n) is 7.13. The van der Waals surface area contributed by atoms with E-state index in [4.69, 9.17) is 0 Å². The highest BCUT2D eigenvalue weighted by Crippen LogP contribution is 2.29. The van der Waals surface area contributed by atoms with Crippen LogP contribution in [0.2, 0.25) is 0 Å². The number of anilines is 1. The molecular formula is C23H29N5O3. The van der Waals surface area contributed by atoms with Crippen LogP contribution in [0.15, 0.2) is 29.3 Å². The monoisotopic (exact) mass is 423 g/mol. The second-order valence-electron chi connectivity index (χ2n) is 9.08. The van der Waals surface area contributed by atoms with Crippen LogP contribution in [0.3, 0.4) is 0 Å². The minimum absolute atomic E-state index is 0.0487. The topological polar surface area (TPSA) is 78.8 Å². The van der Waals surface area contributed by atoms with E-state index >= 15 is 0 Å². The van der Waals surface area contributed by atoms with Gasteiger partial charge < -0.3 is 14.7 Å². The smallest absolute Gasteiger partial charge is 0.261 e. The van der Waals surface area contributed by atoms with Crippen LogP contribution in [-0.2, 0) is 9.59 Å². The van der Waals surface area contributed by atoms with E-state index in [-0.39, 0.29) is 29.3 Å². The summed E-state index contributed by atoms with van der Waals surface area (Å²) in [6.45, 7) is 3.26. The Labute approximate surface area is 181 Å². The minimum Gasteiger partial charge on any atom is -0.368 e. The van der Waals surface area contributed by atoms with Gasteiger partial charge in [-0.05, 0) is 31.0 Å². The SMILES string of the molecule is CN1CC(C(=O)N2CCN(c3ccc4c(=O)n(C5CCCC5)cnc4c3)CC2)CC1=O. The molecule has 1 atom stereocenters. The van der Waals surface area contributed by atoms with Gasteiger partial charge in [-0.25, -0.2) is 4.98 Å². The summed E-state index contributed by atoms with van der Waals surface area (Å²) in [5.74, 6) is -0.0754. The molecule has 1 unspecified atom stereocenters. The fourth-order valence-corrected chi connectivity index (χ4v) is 5.24. The predicted octanol–water partition coefficient (Wildman–Crippen LogP) is 1.64. The lowest BCUT2D eigenvalue weighted by molar-refractivity contribution is -0.136. The van der Waals surface area contributed by atoms with Crippen LogP contribution in [-0.4, -0.2) is 70.9 Å². The van der Waals surface area contributed by atoms with Gasteiger partial charge in [0.2, 0.25) is 11.8 Å². The third kappa shape index (κ3) is 3.68. The molecule has 3 heterocycles. The van der Waals surface area contributed by atoms with Gasteiger partial charge in [-0.2, -0.15) is 0 Å². The van der Waals surface area contributed by atoms with E-state index < -0.39 is 0 Å². The average molecular weight is 424 g/mol. The maximum atomic E-state index is 12.9. The van der Waals surface area contributed by atoms with Crippen LogP contribution in [0.1, 0.15) is 38.1 Å². The molecule has 3 aliphatic rings. The van der Waals surface area contributed by atoms with Gasteiger partial charge in [0.05, 0.1) is 23.1 Å². The first kappa shape index (κ1) is 20.0. The van der Waals surface area contributed by atoms with Crippen molar-refractivity contribution in [2.24, 2.45) is 5.92 Å². The average Bonchev–Trinajstić information content (AvgIpc) is 3.44. The fraction of sp³-hybridized carbons (Fsp3) is 0.565.